The maximum atomic E-state index is 5.65. The van der Waals surface area contributed by atoms with Crippen LogP contribution in [0.1, 0.15) is 11.1 Å². The molecule has 0 amide bonds. The zero-order valence-corrected chi connectivity index (χ0v) is 11.2. The van der Waals surface area contributed by atoms with Crippen LogP contribution < -0.4 is 10.6 Å². The van der Waals surface area contributed by atoms with Crippen LogP contribution in [0.3, 0.4) is 0 Å². The van der Waals surface area contributed by atoms with Gasteiger partial charge in [0.2, 0.25) is 0 Å². The molecule has 0 aliphatic rings. The Labute approximate surface area is 113 Å². The first-order valence-electron chi connectivity index (χ1n) is 5.82. The first-order valence-corrected chi connectivity index (χ1v) is 6.22. The maximum absolute atomic E-state index is 5.65. The van der Waals surface area contributed by atoms with E-state index in [1.54, 1.807) is 0 Å². The summed E-state index contributed by atoms with van der Waals surface area (Å²) in [5, 5.41) is 0. The molecule has 92 valence electrons. The van der Waals surface area contributed by atoms with Crippen LogP contribution in [0, 0.1) is 0 Å². The van der Waals surface area contributed by atoms with Gasteiger partial charge in [-0.05, 0) is 17.7 Å². The molecule has 2 aromatic rings. The highest BCUT2D eigenvalue weighted by Gasteiger charge is 2.04. The Kier molecular flexibility index (Phi) is 3.95. The van der Waals surface area contributed by atoms with Crippen molar-refractivity contribution in [3.63, 3.8) is 0 Å². The topological polar surface area (TPSA) is 29.3 Å². The van der Waals surface area contributed by atoms with Gasteiger partial charge in [-0.1, -0.05) is 54.7 Å². The summed E-state index contributed by atoms with van der Waals surface area (Å²) >= 11 is 5.00. The largest absolute Gasteiger partial charge is 0.389 e. The molecule has 0 radical (unpaired) electrons. The second kappa shape index (κ2) is 5.65. The van der Waals surface area contributed by atoms with Gasteiger partial charge in [0, 0.05) is 24.8 Å². The molecule has 0 aliphatic heterocycles. The van der Waals surface area contributed by atoms with E-state index >= 15 is 0 Å². The molecule has 0 bridgehead atoms. The van der Waals surface area contributed by atoms with Crippen LogP contribution in [0.2, 0.25) is 0 Å². The maximum Gasteiger partial charge on any atom is 0.104 e. The van der Waals surface area contributed by atoms with E-state index in [-0.39, 0.29) is 0 Å². The van der Waals surface area contributed by atoms with E-state index in [1.165, 1.54) is 5.56 Å². The minimum Gasteiger partial charge on any atom is -0.389 e. The van der Waals surface area contributed by atoms with E-state index in [4.69, 9.17) is 18.0 Å². The molecule has 3 heteroatoms. The summed E-state index contributed by atoms with van der Waals surface area (Å²) in [5.41, 5.74) is 8.95. The van der Waals surface area contributed by atoms with Crippen LogP contribution in [0.5, 0.6) is 0 Å². The zero-order valence-electron chi connectivity index (χ0n) is 10.3. The van der Waals surface area contributed by atoms with Crippen LogP contribution in [0.4, 0.5) is 5.69 Å². The molecule has 0 atom stereocenters. The van der Waals surface area contributed by atoms with Crippen LogP contribution in [-0.4, -0.2) is 12.0 Å². The second-order valence-corrected chi connectivity index (χ2v) is 4.70. The molecule has 2 aromatic carbocycles. The standard InChI is InChI=1S/C15H16N2S/c1-17(11-12-6-3-2-4-7-12)14-9-5-8-13(10-14)15(16)18/h2-10H,11H2,1H3,(H2,16,18). The summed E-state index contributed by atoms with van der Waals surface area (Å²) in [6.45, 7) is 0.863. The van der Waals surface area contributed by atoms with E-state index in [9.17, 15) is 0 Å². The third-order valence-electron chi connectivity index (χ3n) is 2.83. The monoisotopic (exact) mass is 256 g/mol. The lowest BCUT2D eigenvalue weighted by molar-refractivity contribution is 0.923. The number of benzene rings is 2. The van der Waals surface area contributed by atoms with Gasteiger partial charge in [-0.2, -0.15) is 0 Å². The average Bonchev–Trinajstić information content (AvgIpc) is 2.40. The smallest absolute Gasteiger partial charge is 0.104 e. The average molecular weight is 256 g/mol. The van der Waals surface area contributed by atoms with Gasteiger partial charge in [0.05, 0.1) is 0 Å². The summed E-state index contributed by atoms with van der Waals surface area (Å²) in [4.78, 5) is 2.61. The second-order valence-electron chi connectivity index (χ2n) is 4.26. The first kappa shape index (κ1) is 12.6. The van der Waals surface area contributed by atoms with Gasteiger partial charge in [-0.3, -0.25) is 0 Å². The molecule has 0 fully saturated rings. The lowest BCUT2D eigenvalue weighted by Crippen LogP contribution is -2.17. The molecule has 0 spiro atoms. The molecule has 0 aliphatic carbocycles. The molecule has 2 nitrogen and oxygen atoms in total. The number of nitrogens with zero attached hydrogens (tertiary/aromatic N) is 1. The molecule has 0 heterocycles. The Morgan fingerprint density at radius 2 is 1.83 bits per heavy atom. The third kappa shape index (κ3) is 3.08. The minimum absolute atomic E-state index is 0.435. The summed E-state index contributed by atoms with van der Waals surface area (Å²) in [7, 11) is 2.06. The molecular weight excluding hydrogens is 240 g/mol. The van der Waals surface area contributed by atoms with Crippen molar-refractivity contribution >= 4 is 22.9 Å². The summed E-state index contributed by atoms with van der Waals surface area (Å²) in [6, 6.07) is 18.4. The fourth-order valence-corrected chi connectivity index (χ4v) is 1.97. The van der Waals surface area contributed by atoms with Crippen molar-refractivity contribution < 1.29 is 0 Å². The van der Waals surface area contributed by atoms with Gasteiger partial charge in [-0.15, -0.1) is 0 Å². The van der Waals surface area contributed by atoms with Crippen LogP contribution >= 0.6 is 12.2 Å². The molecule has 18 heavy (non-hydrogen) atoms. The Hall–Kier alpha value is -1.87. The van der Waals surface area contributed by atoms with Gasteiger partial charge in [0.1, 0.15) is 4.99 Å². The van der Waals surface area contributed by atoms with E-state index < -0.39 is 0 Å². The molecule has 2 N–H and O–H groups in total. The highest BCUT2D eigenvalue weighted by molar-refractivity contribution is 7.80. The number of hydrogen-bond donors (Lipinski definition) is 1. The Balaban J connectivity index is 2.16. The van der Waals surface area contributed by atoms with Crippen LogP contribution in [-0.2, 0) is 6.54 Å². The number of rotatable bonds is 4. The SMILES string of the molecule is CN(Cc1ccccc1)c1cccc(C(N)=S)c1. The molecule has 0 saturated carbocycles. The van der Waals surface area contributed by atoms with Crippen molar-refractivity contribution in [2.75, 3.05) is 11.9 Å². The normalized spacial score (nSPS) is 10.1. The van der Waals surface area contributed by atoms with Gasteiger partial charge in [0.15, 0.2) is 0 Å². The Morgan fingerprint density at radius 3 is 2.50 bits per heavy atom. The van der Waals surface area contributed by atoms with Crippen molar-refractivity contribution in [3.8, 4) is 0 Å². The van der Waals surface area contributed by atoms with Gasteiger partial charge < -0.3 is 10.6 Å². The summed E-state index contributed by atoms with van der Waals surface area (Å²) < 4.78 is 0. The highest BCUT2D eigenvalue weighted by Crippen LogP contribution is 2.17. The van der Waals surface area contributed by atoms with Crippen molar-refractivity contribution in [1.82, 2.24) is 0 Å². The van der Waals surface area contributed by atoms with Crippen LogP contribution in [0.15, 0.2) is 54.6 Å². The molecular formula is C15H16N2S. The fourth-order valence-electron chi connectivity index (χ4n) is 1.85. The van der Waals surface area contributed by atoms with Crippen molar-refractivity contribution in [2.24, 2.45) is 5.73 Å². The summed E-state index contributed by atoms with van der Waals surface area (Å²) in [5.74, 6) is 0. The Bertz CT molecular complexity index is 537. The molecule has 2 rings (SSSR count). The Morgan fingerprint density at radius 1 is 1.11 bits per heavy atom. The lowest BCUT2D eigenvalue weighted by atomic mass is 10.1. The minimum atomic E-state index is 0.435. The molecule has 0 aromatic heterocycles. The van der Waals surface area contributed by atoms with Crippen molar-refractivity contribution in [2.45, 2.75) is 6.54 Å². The number of hydrogen-bond acceptors (Lipinski definition) is 2. The lowest BCUT2D eigenvalue weighted by Gasteiger charge is -2.20. The first-order chi connectivity index (χ1) is 8.66. The quantitative estimate of drug-likeness (QED) is 0.853. The molecule has 0 unspecified atom stereocenters. The van der Waals surface area contributed by atoms with E-state index in [0.29, 0.717) is 4.99 Å². The van der Waals surface area contributed by atoms with Gasteiger partial charge in [-0.25, -0.2) is 0 Å². The van der Waals surface area contributed by atoms with Crippen molar-refractivity contribution in [3.05, 3.63) is 65.7 Å². The fraction of sp³-hybridized carbons (Fsp3) is 0.133. The highest BCUT2D eigenvalue weighted by atomic mass is 32.1. The van der Waals surface area contributed by atoms with Gasteiger partial charge in [0.25, 0.3) is 0 Å². The van der Waals surface area contributed by atoms with E-state index in [2.05, 4.69) is 42.3 Å². The van der Waals surface area contributed by atoms with E-state index in [1.807, 2.05) is 24.3 Å². The number of anilines is 1. The van der Waals surface area contributed by atoms with E-state index in [0.717, 1.165) is 17.8 Å². The van der Waals surface area contributed by atoms with Gasteiger partial charge >= 0.3 is 0 Å². The molecule has 0 saturated heterocycles. The zero-order chi connectivity index (χ0) is 13.0. The predicted molar refractivity (Wildman–Crippen MR) is 80.9 cm³/mol. The third-order valence-corrected chi connectivity index (χ3v) is 3.07. The van der Waals surface area contributed by atoms with Crippen LogP contribution in [0.25, 0.3) is 0 Å². The number of thiocarbonyl (C=S) groups is 1. The number of nitrogens with two attached hydrogens (primary N) is 1. The predicted octanol–water partition coefficient (Wildman–Crippen LogP) is 2.96. The summed E-state index contributed by atoms with van der Waals surface area (Å²) in [6.07, 6.45) is 0. The van der Waals surface area contributed by atoms with Crippen molar-refractivity contribution in [1.29, 1.82) is 0 Å².